The summed E-state index contributed by atoms with van der Waals surface area (Å²) in [6.45, 7) is 1.53. The Kier molecular flexibility index (Phi) is 3.07. The van der Waals surface area contributed by atoms with Crippen molar-refractivity contribution in [1.29, 1.82) is 0 Å². The van der Waals surface area contributed by atoms with Crippen molar-refractivity contribution in [2.45, 2.75) is 19.4 Å². The molecule has 2 N–H and O–H groups in total. The molecule has 0 radical (unpaired) electrons. The monoisotopic (exact) mass is 296 g/mol. The van der Waals surface area contributed by atoms with Gasteiger partial charge in [0.2, 0.25) is 11.7 Å². The number of furan rings is 1. The van der Waals surface area contributed by atoms with Gasteiger partial charge in [-0.1, -0.05) is 11.2 Å². The summed E-state index contributed by atoms with van der Waals surface area (Å²) >= 11 is 0. The van der Waals surface area contributed by atoms with Gasteiger partial charge in [-0.25, -0.2) is 0 Å². The molecular weight excluding hydrogens is 280 g/mol. The van der Waals surface area contributed by atoms with Crippen molar-refractivity contribution in [2.24, 2.45) is 0 Å². The van der Waals surface area contributed by atoms with E-state index in [0.29, 0.717) is 24.0 Å². The Morgan fingerprint density at radius 3 is 3.05 bits per heavy atom. The van der Waals surface area contributed by atoms with Crippen LogP contribution >= 0.6 is 0 Å². The van der Waals surface area contributed by atoms with Gasteiger partial charge in [-0.2, -0.15) is 4.98 Å². The smallest absolute Gasteiger partial charge is 0.246 e. The molecule has 0 unspecified atom stereocenters. The van der Waals surface area contributed by atoms with E-state index in [0.717, 1.165) is 30.8 Å². The van der Waals surface area contributed by atoms with E-state index < -0.39 is 0 Å². The van der Waals surface area contributed by atoms with Crippen molar-refractivity contribution >= 4 is 11.4 Å². The zero-order chi connectivity index (χ0) is 14.9. The maximum atomic E-state index is 6.07. The first-order valence-electron chi connectivity index (χ1n) is 7.30. The zero-order valence-corrected chi connectivity index (χ0v) is 12.0. The summed E-state index contributed by atoms with van der Waals surface area (Å²) < 4.78 is 10.6. The summed E-state index contributed by atoms with van der Waals surface area (Å²) in [5, 5.41) is 3.97. The number of benzene rings is 1. The van der Waals surface area contributed by atoms with Crippen molar-refractivity contribution in [3.8, 4) is 11.6 Å². The summed E-state index contributed by atoms with van der Waals surface area (Å²) in [6, 6.07) is 9.63. The number of hydrogen-bond donors (Lipinski definition) is 1. The number of nitrogen functional groups attached to an aromatic ring is 1. The Balaban J connectivity index is 1.59. The first-order chi connectivity index (χ1) is 10.8. The highest BCUT2D eigenvalue weighted by atomic mass is 16.5. The highest BCUT2D eigenvalue weighted by molar-refractivity contribution is 5.66. The second-order valence-corrected chi connectivity index (χ2v) is 5.36. The summed E-state index contributed by atoms with van der Waals surface area (Å²) in [5.41, 5.74) is 9.29. The van der Waals surface area contributed by atoms with Gasteiger partial charge in [-0.05, 0) is 42.7 Å². The van der Waals surface area contributed by atoms with Gasteiger partial charge in [0, 0.05) is 17.9 Å². The SMILES string of the molecule is Nc1cccc2c1CCCN2Cc1nc(-c2ccco2)no1. The predicted molar refractivity (Wildman–Crippen MR) is 82.2 cm³/mol. The van der Waals surface area contributed by atoms with Crippen molar-refractivity contribution in [3.63, 3.8) is 0 Å². The van der Waals surface area contributed by atoms with Gasteiger partial charge in [0.05, 0.1) is 12.8 Å². The van der Waals surface area contributed by atoms with Gasteiger partial charge >= 0.3 is 0 Å². The van der Waals surface area contributed by atoms with Crippen LogP contribution in [0.5, 0.6) is 0 Å². The molecular formula is C16H16N4O2. The van der Waals surface area contributed by atoms with Crippen LogP contribution in [0.15, 0.2) is 45.5 Å². The van der Waals surface area contributed by atoms with Crippen LogP contribution in [0.2, 0.25) is 0 Å². The third kappa shape index (κ3) is 2.22. The minimum atomic E-state index is 0.477. The normalized spacial score (nSPS) is 14.1. The summed E-state index contributed by atoms with van der Waals surface area (Å²) in [7, 11) is 0. The van der Waals surface area contributed by atoms with E-state index in [1.54, 1.807) is 12.3 Å². The Hall–Kier alpha value is -2.76. The molecule has 0 saturated carbocycles. The third-order valence-corrected chi connectivity index (χ3v) is 3.92. The minimum absolute atomic E-state index is 0.477. The largest absolute Gasteiger partial charge is 0.461 e. The summed E-state index contributed by atoms with van der Waals surface area (Å²) in [5.74, 6) is 1.66. The molecule has 1 aliphatic rings. The van der Waals surface area contributed by atoms with Crippen LogP contribution in [0, 0.1) is 0 Å². The highest BCUT2D eigenvalue weighted by Gasteiger charge is 2.21. The number of rotatable bonds is 3. The number of aromatic nitrogens is 2. The van der Waals surface area contributed by atoms with E-state index >= 15 is 0 Å². The van der Waals surface area contributed by atoms with Gasteiger partial charge in [0.25, 0.3) is 0 Å². The van der Waals surface area contributed by atoms with Gasteiger partial charge in [-0.3, -0.25) is 0 Å². The molecule has 0 atom stereocenters. The Morgan fingerprint density at radius 1 is 1.23 bits per heavy atom. The average Bonchev–Trinajstić information content (AvgIpc) is 3.19. The van der Waals surface area contributed by atoms with Gasteiger partial charge in [0.1, 0.15) is 0 Å². The molecule has 0 saturated heterocycles. The number of nitrogens with zero attached hydrogens (tertiary/aromatic N) is 3. The molecule has 4 rings (SSSR count). The molecule has 0 amide bonds. The van der Waals surface area contributed by atoms with Crippen molar-refractivity contribution in [2.75, 3.05) is 17.2 Å². The van der Waals surface area contributed by atoms with E-state index in [9.17, 15) is 0 Å². The van der Waals surface area contributed by atoms with Crippen molar-refractivity contribution in [1.82, 2.24) is 10.1 Å². The Bertz CT molecular complexity index is 779. The van der Waals surface area contributed by atoms with Crippen LogP contribution in [0.1, 0.15) is 17.9 Å². The molecule has 1 aliphatic heterocycles. The topological polar surface area (TPSA) is 81.3 Å². The highest BCUT2D eigenvalue weighted by Crippen LogP contribution is 2.32. The Morgan fingerprint density at radius 2 is 2.18 bits per heavy atom. The second-order valence-electron chi connectivity index (χ2n) is 5.36. The number of nitrogens with two attached hydrogens (primary N) is 1. The number of fused-ring (bicyclic) bond motifs is 1. The maximum Gasteiger partial charge on any atom is 0.246 e. The molecule has 1 aromatic carbocycles. The minimum Gasteiger partial charge on any atom is -0.461 e. The molecule has 0 bridgehead atoms. The summed E-state index contributed by atoms with van der Waals surface area (Å²) in [6.07, 6.45) is 3.68. The molecule has 0 spiro atoms. The lowest BCUT2D eigenvalue weighted by Gasteiger charge is -2.30. The summed E-state index contributed by atoms with van der Waals surface area (Å²) in [4.78, 5) is 6.63. The molecule has 6 heteroatoms. The quantitative estimate of drug-likeness (QED) is 0.748. The lowest BCUT2D eigenvalue weighted by atomic mass is 10.00. The average molecular weight is 296 g/mol. The van der Waals surface area contributed by atoms with Crippen LogP contribution in [-0.4, -0.2) is 16.7 Å². The maximum absolute atomic E-state index is 6.07. The van der Waals surface area contributed by atoms with E-state index in [-0.39, 0.29) is 0 Å². The Labute approximate surface area is 127 Å². The number of anilines is 2. The van der Waals surface area contributed by atoms with E-state index in [1.807, 2.05) is 18.2 Å². The van der Waals surface area contributed by atoms with Gasteiger partial charge in [-0.15, -0.1) is 0 Å². The molecule has 6 nitrogen and oxygen atoms in total. The van der Waals surface area contributed by atoms with Crippen LogP contribution in [0.3, 0.4) is 0 Å². The molecule has 22 heavy (non-hydrogen) atoms. The van der Waals surface area contributed by atoms with Crippen molar-refractivity contribution < 1.29 is 8.94 Å². The zero-order valence-electron chi connectivity index (χ0n) is 12.0. The fourth-order valence-electron chi connectivity index (χ4n) is 2.88. The lowest BCUT2D eigenvalue weighted by Crippen LogP contribution is -2.29. The molecule has 0 aliphatic carbocycles. The van der Waals surface area contributed by atoms with E-state index in [4.69, 9.17) is 14.7 Å². The molecule has 2 aromatic heterocycles. The van der Waals surface area contributed by atoms with Gasteiger partial charge < -0.3 is 19.6 Å². The first-order valence-corrected chi connectivity index (χ1v) is 7.30. The fourth-order valence-corrected chi connectivity index (χ4v) is 2.88. The van der Waals surface area contributed by atoms with Crippen LogP contribution in [-0.2, 0) is 13.0 Å². The third-order valence-electron chi connectivity index (χ3n) is 3.92. The second kappa shape index (κ2) is 5.22. The van der Waals surface area contributed by atoms with E-state index in [2.05, 4.69) is 21.1 Å². The van der Waals surface area contributed by atoms with Crippen molar-refractivity contribution in [3.05, 3.63) is 48.0 Å². The lowest BCUT2D eigenvalue weighted by molar-refractivity contribution is 0.374. The first kappa shape index (κ1) is 12.9. The molecule has 3 heterocycles. The predicted octanol–water partition coefficient (Wildman–Crippen LogP) is 2.86. The van der Waals surface area contributed by atoms with Crippen LogP contribution < -0.4 is 10.6 Å². The van der Waals surface area contributed by atoms with Crippen LogP contribution in [0.25, 0.3) is 11.6 Å². The standard InChI is InChI=1S/C16H16N4O2/c17-12-5-1-6-13-11(12)4-2-8-20(13)10-15-18-16(19-22-15)14-7-3-9-21-14/h1,3,5-7,9H,2,4,8,10,17H2. The van der Waals surface area contributed by atoms with Gasteiger partial charge in [0.15, 0.2) is 5.76 Å². The molecule has 112 valence electrons. The van der Waals surface area contributed by atoms with Crippen LogP contribution in [0.4, 0.5) is 11.4 Å². The number of hydrogen-bond acceptors (Lipinski definition) is 6. The molecule has 0 fully saturated rings. The van der Waals surface area contributed by atoms with E-state index in [1.165, 1.54) is 5.56 Å². The fraction of sp³-hybridized carbons (Fsp3) is 0.250. The molecule has 3 aromatic rings.